The number of amides is 1. The highest BCUT2D eigenvalue weighted by Crippen LogP contribution is 2.26. The van der Waals surface area contributed by atoms with E-state index in [0.29, 0.717) is 18.2 Å². The van der Waals surface area contributed by atoms with E-state index in [1.165, 1.54) is 29.8 Å². The number of fused-ring (bicyclic) bond motifs is 1. The standard InChI is InChI=1S/C17H23N3OS2/c1-11(2)9-16-20-13(10-22-16)17(21)18-8-7-15-19-12-5-3-4-6-14(12)23-15/h10-11H,3-9H2,1-2H3,(H,18,21). The fourth-order valence-corrected chi connectivity index (χ4v) is 4.89. The Hall–Kier alpha value is -1.27. The average Bonchev–Trinajstić information content (AvgIpc) is 3.12. The summed E-state index contributed by atoms with van der Waals surface area (Å²) in [7, 11) is 0. The zero-order chi connectivity index (χ0) is 16.2. The van der Waals surface area contributed by atoms with Gasteiger partial charge in [0.2, 0.25) is 0 Å². The molecule has 0 saturated heterocycles. The van der Waals surface area contributed by atoms with Crippen LogP contribution in [0.5, 0.6) is 0 Å². The van der Waals surface area contributed by atoms with Crippen LogP contribution in [0.3, 0.4) is 0 Å². The van der Waals surface area contributed by atoms with Crippen LogP contribution in [-0.4, -0.2) is 22.4 Å². The minimum absolute atomic E-state index is 0.0717. The molecule has 23 heavy (non-hydrogen) atoms. The van der Waals surface area contributed by atoms with E-state index in [-0.39, 0.29) is 5.91 Å². The Kier molecular flexibility index (Phi) is 5.43. The number of hydrogen-bond acceptors (Lipinski definition) is 5. The van der Waals surface area contributed by atoms with E-state index >= 15 is 0 Å². The lowest BCUT2D eigenvalue weighted by Gasteiger charge is -2.06. The largest absolute Gasteiger partial charge is 0.350 e. The van der Waals surface area contributed by atoms with Gasteiger partial charge in [0, 0.05) is 29.6 Å². The maximum atomic E-state index is 12.1. The van der Waals surface area contributed by atoms with Gasteiger partial charge in [-0.1, -0.05) is 13.8 Å². The molecule has 0 atom stereocenters. The predicted octanol–water partition coefficient (Wildman–Crippen LogP) is 3.65. The Balaban J connectivity index is 1.49. The number of aryl methyl sites for hydroxylation is 2. The number of carbonyl (C=O) groups excluding carboxylic acids is 1. The van der Waals surface area contributed by atoms with Crippen molar-refractivity contribution in [3.63, 3.8) is 0 Å². The molecule has 0 aromatic carbocycles. The van der Waals surface area contributed by atoms with Gasteiger partial charge in [-0.15, -0.1) is 22.7 Å². The van der Waals surface area contributed by atoms with Crippen molar-refractivity contribution in [1.82, 2.24) is 15.3 Å². The first-order valence-corrected chi connectivity index (χ1v) is 10.0. The lowest BCUT2D eigenvalue weighted by molar-refractivity contribution is 0.0949. The van der Waals surface area contributed by atoms with Gasteiger partial charge in [-0.05, 0) is 31.6 Å². The van der Waals surface area contributed by atoms with Crippen molar-refractivity contribution in [2.24, 2.45) is 5.92 Å². The summed E-state index contributed by atoms with van der Waals surface area (Å²) >= 11 is 3.39. The van der Waals surface area contributed by atoms with Crippen LogP contribution < -0.4 is 5.32 Å². The van der Waals surface area contributed by atoms with E-state index in [1.54, 1.807) is 11.3 Å². The molecular formula is C17H23N3OS2. The van der Waals surface area contributed by atoms with Crippen molar-refractivity contribution >= 4 is 28.6 Å². The number of aromatic nitrogens is 2. The highest BCUT2D eigenvalue weighted by molar-refractivity contribution is 7.11. The fourth-order valence-electron chi connectivity index (χ4n) is 2.74. The fraction of sp³-hybridized carbons (Fsp3) is 0.588. The third kappa shape index (κ3) is 4.38. The molecule has 1 amide bonds. The van der Waals surface area contributed by atoms with Crippen LogP contribution in [0.15, 0.2) is 5.38 Å². The summed E-state index contributed by atoms with van der Waals surface area (Å²) in [5.74, 6) is 0.491. The molecule has 2 heterocycles. The van der Waals surface area contributed by atoms with Gasteiger partial charge in [-0.3, -0.25) is 4.79 Å². The summed E-state index contributed by atoms with van der Waals surface area (Å²) in [6, 6.07) is 0. The Bertz CT molecular complexity index is 652. The van der Waals surface area contributed by atoms with E-state index in [1.807, 2.05) is 16.7 Å². The Morgan fingerprint density at radius 3 is 2.87 bits per heavy atom. The van der Waals surface area contributed by atoms with Crippen LogP contribution in [0.2, 0.25) is 0 Å². The SMILES string of the molecule is CC(C)Cc1nc(C(=O)NCCc2nc3c(s2)CCCC3)cs1. The third-order valence-electron chi connectivity index (χ3n) is 3.88. The second-order valence-corrected chi connectivity index (χ2v) is 8.53. The highest BCUT2D eigenvalue weighted by atomic mass is 32.1. The Morgan fingerprint density at radius 2 is 2.09 bits per heavy atom. The molecule has 1 aliphatic rings. The van der Waals surface area contributed by atoms with Crippen LogP contribution in [0.25, 0.3) is 0 Å². The molecule has 3 rings (SSSR count). The average molecular weight is 350 g/mol. The summed E-state index contributed by atoms with van der Waals surface area (Å²) in [6.45, 7) is 4.95. The molecule has 6 heteroatoms. The van der Waals surface area contributed by atoms with E-state index in [0.717, 1.165) is 29.3 Å². The second-order valence-electron chi connectivity index (χ2n) is 6.41. The van der Waals surface area contributed by atoms with Crippen LogP contribution in [0, 0.1) is 5.92 Å². The second kappa shape index (κ2) is 7.53. The van der Waals surface area contributed by atoms with Gasteiger partial charge in [0.05, 0.1) is 15.7 Å². The molecule has 124 valence electrons. The number of thiazole rings is 2. The lowest BCUT2D eigenvalue weighted by atomic mass is 10.0. The monoisotopic (exact) mass is 349 g/mol. The number of carbonyl (C=O) groups is 1. The normalized spacial score (nSPS) is 14.0. The lowest BCUT2D eigenvalue weighted by Crippen LogP contribution is -2.26. The van der Waals surface area contributed by atoms with Crippen molar-refractivity contribution < 1.29 is 4.79 Å². The quantitative estimate of drug-likeness (QED) is 0.866. The number of nitrogens with one attached hydrogen (secondary N) is 1. The number of nitrogens with zero attached hydrogens (tertiary/aromatic N) is 2. The maximum absolute atomic E-state index is 12.1. The highest BCUT2D eigenvalue weighted by Gasteiger charge is 2.15. The summed E-state index contributed by atoms with van der Waals surface area (Å²) in [4.78, 5) is 22.7. The molecule has 0 radical (unpaired) electrons. The van der Waals surface area contributed by atoms with Crippen molar-refractivity contribution in [2.45, 2.75) is 52.4 Å². The summed E-state index contributed by atoms with van der Waals surface area (Å²) in [5, 5.41) is 7.01. The van der Waals surface area contributed by atoms with Crippen molar-refractivity contribution in [3.8, 4) is 0 Å². The molecule has 1 aliphatic carbocycles. The van der Waals surface area contributed by atoms with Crippen LogP contribution >= 0.6 is 22.7 Å². The van der Waals surface area contributed by atoms with E-state index in [2.05, 4.69) is 24.1 Å². The van der Waals surface area contributed by atoms with Gasteiger partial charge in [0.25, 0.3) is 5.91 Å². The minimum atomic E-state index is -0.0717. The zero-order valence-electron chi connectivity index (χ0n) is 13.7. The topological polar surface area (TPSA) is 54.9 Å². The molecule has 0 saturated carbocycles. The summed E-state index contributed by atoms with van der Waals surface area (Å²) < 4.78 is 0. The molecule has 0 bridgehead atoms. The number of hydrogen-bond donors (Lipinski definition) is 1. The molecule has 0 aliphatic heterocycles. The van der Waals surface area contributed by atoms with Crippen LogP contribution in [0.4, 0.5) is 0 Å². The molecule has 2 aromatic rings. The molecule has 1 N–H and O–H groups in total. The maximum Gasteiger partial charge on any atom is 0.270 e. The summed E-state index contributed by atoms with van der Waals surface area (Å²) in [6.07, 6.45) is 6.59. The first-order chi connectivity index (χ1) is 11.1. The number of rotatable bonds is 6. The smallest absolute Gasteiger partial charge is 0.270 e. The molecule has 0 unspecified atom stereocenters. The van der Waals surface area contributed by atoms with Crippen LogP contribution in [0.1, 0.15) is 57.8 Å². The molecule has 0 fully saturated rings. The minimum Gasteiger partial charge on any atom is -0.350 e. The van der Waals surface area contributed by atoms with Gasteiger partial charge >= 0.3 is 0 Å². The van der Waals surface area contributed by atoms with E-state index in [4.69, 9.17) is 4.98 Å². The van der Waals surface area contributed by atoms with Gasteiger partial charge < -0.3 is 5.32 Å². The van der Waals surface area contributed by atoms with E-state index < -0.39 is 0 Å². The molecular weight excluding hydrogens is 326 g/mol. The molecule has 2 aromatic heterocycles. The predicted molar refractivity (Wildman–Crippen MR) is 95.4 cm³/mol. The van der Waals surface area contributed by atoms with Gasteiger partial charge in [0.15, 0.2) is 0 Å². The third-order valence-corrected chi connectivity index (χ3v) is 5.97. The van der Waals surface area contributed by atoms with E-state index in [9.17, 15) is 4.79 Å². The molecule has 0 spiro atoms. The Morgan fingerprint density at radius 1 is 1.26 bits per heavy atom. The Labute approximate surface area is 145 Å². The van der Waals surface area contributed by atoms with Crippen molar-refractivity contribution in [2.75, 3.05) is 6.54 Å². The summed E-state index contributed by atoms with van der Waals surface area (Å²) in [5.41, 5.74) is 1.84. The van der Waals surface area contributed by atoms with Gasteiger partial charge in [-0.25, -0.2) is 9.97 Å². The van der Waals surface area contributed by atoms with Crippen molar-refractivity contribution in [3.05, 3.63) is 31.7 Å². The first kappa shape index (κ1) is 16.6. The van der Waals surface area contributed by atoms with Gasteiger partial charge in [-0.2, -0.15) is 0 Å². The van der Waals surface area contributed by atoms with Crippen molar-refractivity contribution in [1.29, 1.82) is 0 Å². The zero-order valence-corrected chi connectivity index (χ0v) is 15.4. The first-order valence-electron chi connectivity index (χ1n) is 8.32. The van der Waals surface area contributed by atoms with Crippen LogP contribution in [-0.2, 0) is 25.7 Å². The van der Waals surface area contributed by atoms with Gasteiger partial charge in [0.1, 0.15) is 5.69 Å². The molecule has 4 nitrogen and oxygen atoms in total.